The Balaban J connectivity index is 2.01. The van der Waals surface area contributed by atoms with Crippen molar-refractivity contribution in [3.05, 3.63) is 23.5 Å². The Hall–Kier alpha value is -1.66. The SMILES string of the molecule is Cc1ncc(N)cc1C(=O)NCC1(O)CCOC1. The molecule has 1 aromatic heterocycles. The average Bonchev–Trinajstić information content (AvgIpc) is 2.77. The zero-order valence-electron chi connectivity index (χ0n) is 10.3. The van der Waals surface area contributed by atoms with E-state index < -0.39 is 5.60 Å². The lowest BCUT2D eigenvalue weighted by molar-refractivity contribution is 0.0264. The molecule has 0 spiro atoms. The summed E-state index contributed by atoms with van der Waals surface area (Å²) < 4.78 is 5.11. The summed E-state index contributed by atoms with van der Waals surface area (Å²) in [5.41, 5.74) is 6.11. The van der Waals surface area contributed by atoms with Gasteiger partial charge in [0.1, 0.15) is 5.60 Å². The minimum absolute atomic E-state index is 0.167. The number of aryl methyl sites for hydroxylation is 1. The third-order valence-corrected chi connectivity index (χ3v) is 3.01. The standard InChI is InChI=1S/C12H17N3O3/c1-8-10(4-9(13)5-14-8)11(16)15-6-12(17)2-3-18-7-12/h4-5,17H,2-3,6-7,13H2,1H3,(H,15,16). The highest BCUT2D eigenvalue weighted by atomic mass is 16.5. The van der Waals surface area contributed by atoms with E-state index in [1.54, 1.807) is 13.0 Å². The van der Waals surface area contributed by atoms with Crippen LogP contribution >= 0.6 is 0 Å². The lowest BCUT2D eigenvalue weighted by Crippen LogP contribution is -2.43. The van der Waals surface area contributed by atoms with Crippen LogP contribution in [0.25, 0.3) is 0 Å². The quantitative estimate of drug-likeness (QED) is 0.694. The van der Waals surface area contributed by atoms with Crippen molar-refractivity contribution < 1.29 is 14.6 Å². The molecule has 1 aliphatic rings. The van der Waals surface area contributed by atoms with Crippen LogP contribution in [0.3, 0.4) is 0 Å². The normalized spacial score (nSPS) is 23.0. The molecule has 1 aromatic rings. The summed E-state index contributed by atoms with van der Waals surface area (Å²) in [4.78, 5) is 16.0. The molecular weight excluding hydrogens is 234 g/mol. The number of nitrogen functional groups attached to an aromatic ring is 1. The van der Waals surface area contributed by atoms with E-state index in [0.717, 1.165) is 0 Å². The van der Waals surface area contributed by atoms with Gasteiger partial charge in [0.2, 0.25) is 0 Å². The fourth-order valence-corrected chi connectivity index (χ4v) is 1.86. The molecule has 0 aromatic carbocycles. The van der Waals surface area contributed by atoms with Crippen LogP contribution in [0.15, 0.2) is 12.3 Å². The first-order valence-corrected chi connectivity index (χ1v) is 5.81. The number of aliphatic hydroxyl groups is 1. The van der Waals surface area contributed by atoms with Crippen LogP contribution in [-0.2, 0) is 4.74 Å². The van der Waals surface area contributed by atoms with E-state index in [1.165, 1.54) is 6.20 Å². The number of nitrogens with one attached hydrogen (secondary N) is 1. The predicted octanol–water partition coefficient (Wildman–Crippen LogP) is -0.147. The number of hydrogen-bond donors (Lipinski definition) is 3. The highest BCUT2D eigenvalue weighted by molar-refractivity contribution is 5.95. The molecule has 1 amide bonds. The first-order valence-electron chi connectivity index (χ1n) is 5.81. The summed E-state index contributed by atoms with van der Waals surface area (Å²) in [7, 11) is 0. The second-order valence-electron chi connectivity index (χ2n) is 4.61. The van der Waals surface area contributed by atoms with E-state index in [2.05, 4.69) is 10.3 Å². The van der Waals surface area contributed by atoms with E-state index in [-0.39, 0.29) is 19.1 Å². The molecule has 98 valence electrons. The van der Waals surface area contributed by atoms with Crippen molar-refractivity contribution in [1.82, 2.24) is 10.3 Å². The Morgan fingerprint density at radius 1 is 1.72 bits per heavy atom. The number of pyridine rings is 1. The van der Waals surface area contributed by atoms with Gasteiger partial charge in [-0.3, -0.25) is 9.78 Å². The number of carbonyl (C=O) groups excluding carboxylic acids is 1. The van der Waals surface area contributed by atoms with Crippen LogP contribution in [0.5, 0.6) is 0 Å². The maximum absolute atomic E-state index is 12.0. The second kappa shape index (κ2) is 4.91. The minimum Gasteiger partial charge on any atom is -0.397 e. The topological polar surface area (TPSA) is 97.5 Å². The number of aromatic nitrogens is 1. The summed E-state index contributed by atoms with van der Waals surface area (Å²) in [6.45, 7) is 2.68. The van der Waals surface area contributed by atoms with E-state index in [0.29, 0.717) is 30.0 Å². The molecule has 2 rings (SSSR count). The van der Waals surface area contributed by atoms with Gasteiger partial charge in [0.25, 0.3) is 5.91 Å². The number of anilines is 1. The number of nitrogens with two attached hydrogens (primary N) is 1. The molecule has 6 nitrogen and oxygen atoms in total. The van der Waals surface area contributed by atoms with Gasteiger partial charge in [0.05, 0.1) is 29.7 Å². The smallest absolute Gasteiger partial charge is 0.253 e. The second-order valence-corrected chi connectivity index (χ2v) is 4.61. The lowest BCUT2D eigenvalue weighted by atomic mass is 10.0. The molecule has 1 fully saturated rings. The fraction of sp³-hybridized carbons (Fsp3) is 0.500. The third-order valence-electron chi connectivity index (χ3n) is 3.01. The average molecular weight is 251 g/mol. The Bertz CT molecular complexity index is 456. The third kappa shape index (κ3) is 2.77. The molecule has 1 unspecified atom stereocenters. The first-order chi connectivity index (χ1) is 8.50. The van der Waals surface area contributed by atoms with Gasteiger partial charge >= 0.3 is 0 Å². The van der Waals surface area contributed by atoms with Gasteiger partial charge in [-0.1, -0.05) is 0 Å². The molecule has 1 saturated heterocycles. The number of carbonyl (C=O) groups is 1. The molecule has 4 N–H and O–H groups in total. The number of hydrogen-bond acceptors (Lipinski definition) is 5. The summed E-state index contributed by atoms with van der Waals surface area (Å²) in [5, 5.41) is 12.7. The van der Waals surface area contributed by atoms with Crippen molar-refractivity contribution in [2.45, 2.75) is 18.9 Å². The molecule has 6 heteroatoms. The zero-order chi connectivity index (χ0) is 13.2. The van der Waals surface area contributed by atoms with Gasteiger partial charge in [0, 0.05) is 19.6 Å². The van der Waals surface area contributed by atoms with Gasteiger partial charge in [-0.2, -0.15) is 0 Å². The van der Waals surface area contributed by atoms with Crippen molar-refractivity contribution in [3.63, 3.8) is 0 Å². The molecule has 18 heavy (non-hydrogen) atoms. The van der Waals surface area contributed by atoms with Crippen molar-refractivity contribution in [1.29, 1.82) is 0 Å². The van der Waals surface area contributed by atoms with Crippen LogP contribution in [0, 0.1) is 6.92 Å². The minimum atomic E-state index is -0.961. The number of rotatable bonds is 3. The molecule has 1 aliphatic heterocycles. The summed E-state index contributed by atoms with van der Waals surface area (Å²) in [6.07, 6.45) is 2.03. The highest BCUT2D eigenvalue weighted by Gasteiger charge is 2.32. The van der Waals surface area contributed by atoms with Crippen LogP contribution in [0.1, 0.15) is 22.5 Å². The summed E-state index contributed by atoms with van der Waals surface area (Å²) in [5.74, 6) is -0.285. The summed E-state index contributed by atoms with van der Waals surface area (Å²) in [6, 6.07) is 1.58. The molecule has 0 aliphatic carbocycles. The van der Waals surface area contributed by atoms with Gasteiger partial charge in [0.15, 0.2) is 0 Å². The Kier molecular flexibility index (Phi) is 3.49. The number of nitrogens with zero attached hydrogens (tertiary/aromatic N) is 1. The van der Waals surface area contributed by atoms with Gasteiger partial charge < -0.3 is 20.9 Å². The van der Waals surface area contributed by atoms with E-state index >= 15 is 0 Å². The van der Waals surface area contributed by atoms with Crippen molar-refractivity contribution in [2.75, 3.05) is 25.5 Å². The number of amides is 1. The van der Waals surface area contributed by atoms with E-state index in [9.17, 15) is 9.90 Å². The molecule has 0 radical (unpaired) electrons. The van der Waals surface area contributed by atoms with Crippen molar-refractivity contribution >= 4 is 11.6 Å². The maximum Gasteiger partial charge on any atom is 0.253 e. The van der Waals surface area contributed by atoms with Crippen LogP contribution in [0.2, 0.25) is 0 Å². The largest absolute Gasteiger partial charge is 0.397 e. The van der Waals surface area contributed by atoms with Crippen LogP contribution in [0.4, 0.5) is 5.69 Å². The zero-order valence-corrected chi connectivity index (χ0v) is 10.3. The monoisotopic (exact) mass is 251 g/mol. The lowest BCUT2D eigenvalue weighted by Gasteiger charge is -2.20. The fourth-order valence-electron chi connectivity index (χ4n) is 1.86. The molecular formula is C12H17N3O3. The van der Waals surface area contributed by atoms with Gasteiger partial charge in [-0.15, -0.1) is 0 Å². The Labute approximate surface area is 105 Å². The van der Waals surface area contributed by atoms with Crippen LogP contribution < -0.4 is 11.1 Å². The van der Waals surface area contributed by atoms with E-state index in [4.69, 9.17) is 10.5 Å². The molecule has 0 saturated carbocycles. The van der Waals surface area contributed by atoms with E-state index in [1.807, 2.05) is 0 Å². The van der Waals surface area contributed by atoms with Gasteiger partial charge in [-0.25, -0.2) is 0 Å². The first kappa shape index (κ1) is 12.8. The predicted molar refractivity (Wildman–Crippen MR) is 66.1 cm³/mol. The molecule has 0 bridgehead atoms. The Morgan fingerprint density at radius 2 is 2.50 bits per heavy atom. The van der Waals surface area contributed by atoms with Crippen molar-refractivity contribution in [3.8, 4) is 0 Å². The number of ether oxygens (including phenoxy) is 1. The highest BCUT2D eigenvalue weighted by Crippen LogP contribution is 2.17. The Morgan fingerprint density at radius 3 is 3.17 bits per heavy atom. The van der Waals surface area contributed by atoms with Crippen LogP contribution in [-0.4, -0.2) is 41.4 Å². The molecule has 1 atom stereocenters. The van der Waals surface area contributed by atoms with Crippen molar-refractivity contribution in [2.24, 2.45) is 0 Å². The summed E-state index contributed by atoms with van der Waals surface area (Å²) >= 11 is 0. The molecule has 2 heterocycles. The van der Waals surface area contributed by atoms with Gasteiger partial charge in [-0.05, 0) is 13.0 Å². The maximum atomic E-state index is 12.0.